The molecule has 2 rings (SSSR count). The van der Waals surface area contributed by atoms with Gasteiger partial charge in [0.2, 0.25) is 0 Å². The molecule has 0 bridgehead atoms. The molecule has 1 aromatic heterocycles. The summed E-state index contributed by atoms with van der Waals surface area (Å²) in [5.41, 5.74) is 1.39. The molecule has 1 aromatic rings. The normalized spacial score (nSPS) is 20.1. The first-order valence-electron chi connectivity index (χ1n) is 5.11. The van der Waals surface area contributed by atoms with Crippen molar-refractivity contribution in [2.24, 2.45) is 0 Å². The lowest BCUT2D eigenvalue weighted by molar-refractivity contribution is 0.337. The van der Waals surface area contributed by atoms with E-state index in [0.29, 0.717) is 0 Å². The summed E-state index contributed by atoms with van der Waals surface area (Å²) in [5.74, 6) is 0.807. The second-order valence-corrected chi connectivity index (χ2v) is 6.58. The van der Waals surface area contributed by atoms with Crippen LogP contribution in [0.5, 0.6) is 0 Å². The fourth-order valence-corrected chi connectivity index (χ4v) is 3.72. The van der Waals surface area contributed by atoms with E-state index in [1.54, 1.807) is 4.88 Å². The van der Waals surface area contributed by atoms with Crippen molar-refractivity contribution >= 4 is 35.2 Å². The zero-order chi connectivity index (χ0) is 10.1. The van der Waals surface area contributed by atoms with E-state index in [2.05, 4.69) is 41.7 Å². The Labute approximate surface area is 99.1 Å². The minimum Gasteiger partial charge on any atom is -0.349 e. The number of piperidine rings is 1. The van der Waals surface area contributed by atoms with Gasteiger partial charge in [-0.25, -0.2) is 0 Å². The van der Waals surface area contributed by atoms with Crippen LogP contribution in [0.1, 0.15) is 29.2 Å². The van der Waals surface area contributed by atoms with Crippen LogP contribution in [0.2, 0.25) is 0 Å². The van der Waals surface area contributed by atoms with Gasteiger partial charge < -0.3 is 4.81 Å². The molecule has 0 amide bonds. The van der Waals surface area contributed by atoms with E-state index in [1.165, 1.54) is 35.3 Å². The minimum absolute atomic E-state index is 0.807. The molecule has 0 unspecified atom stereocenters. The van der Waals surface area contributed by atoms with Crippen molar-refractivity contribution in [3.63, 3.8) is 0 Å². The lowest BCUT2D eigenvalue weighted by atomic mass is 9.93. The van der Waals surface area contributed by atoms with Crippen LogP contribution in [0.4, 0.5) is 0 Å². The highest BCUT2D eigenvalue weighted by atomic mass is 79.9. The molecule has 76 valence electrons. The molecule has 1 aliphatic heterocycles. The fourth-order valence-electron chi connectivity index (χ4n) is 1.98. The second kappa shape index (κ2) is 4.37. The predicted molar refractivity (Wildman–Crippen MR) is 68.8 cm³/mol. The summed E-state index contributed by atoms with van der Waals surface area (Å²) in [6.07, 6.45) is 2.64. The van der Waals surface area contributed by atoms with E-state index in [-0.39, 0.29) is 0 Å². The van der Waals surface area contributed by atoms with Gasteiger partial charge in [0.25, 0.3) is 0 Å². The van der Waals surface area contributed by atoms with Crippen LogP contribution >= 0.6 is 27.3 Å². The van der Waals surface area contributed by atoms with Crippen LogP contribution in [-0.4, -0.2) is 25.9 Å². The highest BCUT2D eigenvalue weighted by molar-refractivity contribution is 9.11. The Morgan fingerprint density at radius 2 is 2.14 bits per heavy atom. The molecule has 1 nitrogen and oxygen atoms in total. The molecule has 2 heterocycles. The van der Waals surface area contributed by atoms with Crippen LogP contribution in [0.25, 0.3) is 0 Å². The summed E-state index contributed by atoms with van der Waals surface area (Å²) in [5, 5.41) is 0. The fraction of sp³-hybridized carbons (Fsp3) is 0.600. The monoisotopic (exact) mass is 271 g/mol. The number of hydrogen-bond donors (Lipinski definition) is 0. The number of hydrogen-bond acceptors (Lipinski definition) is 2. The molecule has 0 aliphatic carbocycles. The Morgan fingerprint density at radius 1 is 1.50 bits per heavy atom. The smallest absolute Gasteiger partial charge is 0.185 e. The van der Waals surface area contributed by atoms with Crippen molar-refractivity contribution in [2.45, 2.75) is 25.7 Å². The SMILES string of the molecule is BN1CCC(c2cc(C)c(Br)s2)CC1. The van der Waals surface area contributed by atoms with Crippen molar-refractivity contribution in [3.05, 3.63) is 20.3 Å². The lowest BCUT2D eigenvalue weighted by Crippen LogP contribution is -2.30. The van der Waals surface area contributed by atoms with E-state index >= 15 is 0 Å². The van der Waals surface area contributed by atoms with E-state index < -0.39 is 0 Å². The number of aryl methyl sites for hydroxylation is 1. The summed E-state index contributed by atoms with van der Waals surface area (Å²) in [7, 11) is 2.21. The summed E-state index contributed by atoms with van der Waals surface area (Å²) in [4.78, 5) is 3.99. The van der Waals surface area contributed by atoms with Crippen molar-refractivity contribution in [1.29, 1.82) is 0 Å². The zero-order valence-electron chi connectivity index (χ0n) is 8.72. The summed E-state index contributed by atoms with van der Waals surface area (Å²) in [6.45, 7) is 4.68. The molecule has 0 saturated carbocycles. The van der Waals surface area contributed by atoms with Gasteiger partial charge >= 0.3 is 0 Å². The van der Waals surface area contributed by atoms with Crippen LogP contribution < -0.4 is 0 Å². The van der Waals surface area contributed by atoms with Crippen LogP contribution in [0.3, 0.4) is 0 Å². The molecular formula is C10H15BBrNS. The van der Waals surface area contributed by atoms with Gasteiger partial charge in [-0.2, -0.15) is 0 Å². The lowest BCUT2D eigenvalue weighted by Gasteiger charge is -2.28. The van der Waals surface area contributed by atoms with Gasteiger partial charge in [-0.1, -0.05) is 0 Å². The van der Waals surface area contributed by atoms with E-state index in [9.17, 15) is 0 Å². The van der Waals surface area contributed by atoms with Crippen molar-refractivity contribution in [3.8, 4) is 0 Å². The molecule has 1 fully saturated rings. The molecule has 0 atom stereocenters. The molecule has 1 saturated heterocycles. The zero-order valence-corrected chi connectivity index (χ0v) is 11.1. The van der Waals surface area contributed by atoms with E-state index in [1.807, 2.05) is 11.3 Å². The summed E-state index contributed by atoms with van der Waals surface area (Å²) < 4.78 is 1.31. The maximum Gasteiger partial charge on any atom is 0.185 e. The average Bonchev–Trinajstić information content (AvgIpc) is 2.48. The van der Waals surface area contributed by atoms with E-state index in [4.69, 9.17) is 0 Å². The van der Waals surface area contributed by atoms with Gasteiger partial charge in [-0.05, 0) is 66.3 Å². The first kappa shape index (κ1) is 10.7. The topological polar surface area (TPSA) is 3.24 Å². The Morgan fingerprint density at radius 3 is 2.64 bits per heavy atom. The molecule has 14 heavy (non-hydrogen) atoms. The minimum atomic E-state index is 0.807. The Kier molecular flexibility index (Phi) is 3.35. The van der Waals surface area contributed by atoms with Crippen molar-refractivity contribution < 1.29 is 0 Å². The molecule has 0 aromatic carbocycles. The predicted octanol–water partition coefficient (Wildman–Crippen LogP) is 2.55. The maximum atomic E-state index is 3.60. The highest BCUT2D eigenvalue weighted by Crippen LogP contribution is 2.36. The molecule has 0 spiro atoms. The Bertz CT molecular complexity index is 298. The molecular weight excluding hydrogens is 257 g/mol. The van der Waals surface area contributed by atoms with Gasteiger partial charge in [0, 0.05) is 4.88 Å². The van der Waals surface area contributed by atoms with Crippen molar-refractivity contribution in [2.75, 3.05) is 13.1 Å². The number of thiophene rings is 1. The van der Waals surface area contributed by atoms with Gasteiger partial charge in [0.05, 0.1) is 3.79 Å². The first-order chi connectivity index (χ1) is 6.66. The van der Waals surface area contributed by atoms with Gasteiger partial charge in [-0.3, -0.25) is 0 Å². The van der Waals surface area contributed by atoms with Crippen LogP contribution in [-0.2, 0) is 0 Å². The maximum absolute atomic E-state index is 3.60. The van der Waals surface area contributed by atoms with Crippen LogP contribution in [0, 0.1) is 6.92 Å². The van der Waals surface area contributed by atoms with Gasteiger partial charge in [0.1, 0.15) is 0 Å². The standard InChI is InChI=1S/C10H15BBrNS/c1-7-6-9(14-10(7)12)8-2-4-13(11)5-3-8/h6,8H,2-5,11H2,1H3. The number of nitrogens with zero attached hydrogens (tertiary/aromatic N) is 1. The first-order valence-corrected chi connectivity index (χ1v) is 6.72. The second-order valence-electron chi connectivity index (χ2n) is 4.18. The third-order valence-corrected chi connectivity index (χ3v) is 5.30. The Hall–Kier alpha value is 0.205. The Balaban J connectivity index is 2.08. The largest absolute Gasteiger partial charge is 0.349 e. The quantitative estimate of drug-likeness (QED) is 0.710. The van der Waals surface area contributed by atoms with Gasteiger partial charge in [-0.15, -0.1) is 11.3 Å². The number of rotatable bonds is 1. The van der Waals surface area contributed by atoms with E-state index in [0.717, 1.165) is 5.92 Å². The molecule has 0 radical (unpaired) electrons. The molecule has 0 N–H and O–H groups in total. The average molecular weight is 272 g/mol. The third-order valence-electron chi connectivity index (χ3n) is 3.00. The third kappa shape index (κ3) is 2.23. The molecule has 4 heteroatoms. The van der Waals surface area contributed by atoms with Gasteiger partial charge in [0.15, 0.2) is 7.98 Å². The summed E-state index contributed by atoms with van der Waals surface area (Å²) in [6, 6.07) is 2.35. The number of halogens is 1. The summed E-state index contributed by atoms with van der Waals surface area (Å²) >= 11 is 5.52. The molecule has 1 aliphatic rings. The van der Waals surface area contributed by atoms with Crippen molar-refractivity contribution in [1.82, 2.24) is 4.81 Å². The van der Waals surface area contributed by atoms with Crippen LogP contribution in [0.15, 0.2) is 9.85 Å². The highest BCUT2D eigenvalue weighted by Gasteiger charge is 2.20.